The van der Waals surface area contributed by atoms with Gasteiger partial charge in [-0.05, 0) is 42.3 Å². The van der Waals surface area contributed by atoms with E-state index in [1.807, 2.05) is 6.07 Å². The summed E-state index contributed by atoms with van der Waals surface area (Å²) in [6.07, 6.45) is 0.348. The molecule has 0 amide bonds. The van der Waals surface area contributed by atoms with Crippen LogP contribution in [0.25, 0.3) is 0 Å². The third kappa shape index (κ3) is 2.33. The highest BCUT2D eigenvalue weighted by Gasteiger charge is 2.24. The normalized spacial score (nSPS) is 13.7. The van der Waals surface area contributed by atoms with Crippen LogP contribution in [0.3, 0.4) is 0 Å². The van der Waals surface area contributed by atoms with Gasteiger partial charge in [0, 0.05) is 18.7 Å². The molecular formula is C16H11F3N2. The van der Waals surface area contributed by atoms with Gasteiger partial charge in [-0.15, -0.1) is 0 Å². The first-order chi connectivity index (χ1) is 10.1. The highest BCUT2D eigenvalue weighted by molar-refractivity contribution is 5.60. The highest BCUT2D eigenvalue weighted by atomic mass is 19.1. The van der Waals surface area contributed by atoms with Crippen molar-refractivity contribution in [3.63, 3.8) is 0 Å². The van der Waals surface area contributed by atoms with Crippen molar-refractivity contribution in [1.29, 1.82) is 5.26 Å². The number of benzene rings is 2. The zero-order valence-corrected chi connectivity index (χ0v) is 11.0. The molecule has 106 valence electrons. The van der Waals surface area contributed by atoms with Gasteiger partial charge in [-0.2, -0.15) is 5.26 Å². The molecule has 1 aliphatic rings. The smallest absolute Gasteiger partial charge is 0.128 e. The van der Waals surface area contributed by atoms with Crippen LogP contribution in [0.2, 0.25) is 0 Å². The predicted molar refractivity (Wildman–Crippen MR) is 72.2 cm³/mol. The average molecular weight is 288 g/mol. The molecule has 2 nitrogen and oxygen atoms in total. The largest absolute Gasteiger partial charge is 0.366 e. The molecular weight excluding hydrogens is 277 g/mol. The molecule has 0 saturated carbocycles. The quantitative estimate of drug-likeness (QED) is 0.802. The first kappa shape index (κ1) is 13.5. The van der Waals surface area contributed by atoms with Gasteiger partial charge in [-0.3, -0.25) is 0 Å². The summed E-state index contributed by atoms with van der Waals surface area (Å²) in [6.45, 7) is 0.618. The summed E-state index contributed by atoms with van der Waals surface area (Å²) in [5.41, 5.74) is 1.41. The Morgan fingerprint density at radius 3 is 2.43 bits per heavy atom. The monoisotopic (exact) mass is 288 g/mol. The Kier molecular flexibility index (Phi) is 3.30. The molecule has 0 saturated heterocycles. The predicted octanol–water partition coefficient (Wildman–Crippen LogP) is 3.54. The van der Waals surface area contributed by atoms with Crippen LogP contribution in [-0.4, -0.2) is 6.54 Å². The molecule has 2 aromatic carbocycles. The Hall–Kier alpha value is -2.48. The zero-order valence-electron chi connectivity index (χ0n) is 11.0. The zero-order chi connectivity index (χ0) is 15.0. The van der Waals surface area contributed by atoms with Crippen molar-refractivity contribution < 1.29 is 13.2 Å². The van der Waals surface area contributed by atoms with Gasteiger partial charge < -0.3 is 4.90 Å². The minimum Gasteiger partial charge on any atom is -0.366 e. The third-order valence-electron chi connectivity index (χ3n) is 3.72. The first-order valence-corrected chi connectivity index (χ1v) is 6.50. The maximum absolute atomic E-state index is 13.9. The fourth-order valence-corrected chi connectivity index (χ4v) is 2.67. The van der Waals surface area contributed by atoms with Gasteiger partial charge >= 0.3 is 0 Å². The minimum absolute atomic E-state index is 0.166. The molecule has 0 bridgehead atoms. The van der Waals surface area contributed by atoms with Crippen LogP contribution in [0.4, 0.5) is 18.9 Å². The van der Waals surface area contributed by atoms with E-state index in [4.69, 9.17) is 5.26 Å². The highest BCUT2D eigenvalue weighted by Crippen LogP contribution is 2.30. The lowest BCUT2D eigenvalue weighted by atomic mass is 9.97. The topological polar surface area (TPSA) is 27.0 Å². The van der Waals surface area contributed by atoms with Gasteiger partial charge in [-0.25, -0.2) is 13.2 Å². The SMILES string of the molecule is N#Cc1cc(F)ccc1N1CCc2c(F)ccc(F)c2C1. The summed E-state index contributed by atoms with van der Waals surface area (Å²) in [5, 5.41) is 9.09. The summed E-state index contributed by atoms with van der Waals surface area (Å²) in [6, 6.07) is 8.07. The summed E-state index contributed by atoms with van der Waals surface area (Å²) in [4.78, 5) is 1.77. The van der Waals surface area contributed by atoms with Gasteiger partial charge in [0.05, 0.1) is 11.3 Å². The molecule has 0 aliphatic carbocycles. The molecule has 3 rings (SSSR count). The van der Waals surface area contributed by atoms with Gasteiger partial charge in [0.15, 0.2) is 0 Å². The van der Waals surface area contributed by atoms with Crippen molar-refractivity contribution in [2.45, 2.75) is 13.0 Å². The molecule has 0 fully saturated rings. The number of rotatable bonds is 1. The number of hydrogen-bond donors (Lipinski definition) is 0. The lowest BCUT2D eigenvalue weighted by Gasteiger charge is -2.31. The third-order valence-corrected chi connectivity index (χ3v) is 3.72. The van der Waals surface area contributed by atoms with E-state index >= 15 is 0 Å². The molecule has 1 heterocycles. The number of hydrogen-bond acceptors (Lipinski definition) is 2. The van der Waals surface area contributed by atoms with Crippen LogP contribution in [0.5, 0.6) is 0 Å². The maximum atomic E-state index is 13.9. The number of nitrogens with zero attached hydrogens (tertiary/aromatic N) is 2. The van der Waals surface area contributed by atoms with Crippen LogP contribution in [0.1, 0.15) is 16.7 Å². The lowest BCUT2D eigenvalue weighted by Crippen LogP contribution is -2.32. The van der Waals surface area contributed by atoms with Gasteiger partial charge in [0.2, 0.25) is 0 Å². The van der Waals surface area contributed by atoms with E-state index in [9.17, 15) is 13.2 Å². The van der Waals surface area contributed by atoms with E-state index in [2.05, 4.69) is 0 Å². The summed E-state index contributed by atoms with van der Waals surface area (Å²) >= 11 is 0. The standard InChI is InChI=1S/C16H11F3N2/c17-11-1-4-16(10(7-11)8-20)21-6-5-12-13(9-21)15(19)3-2-14(12)18/h1-4,7H,5-6,9H2. The van der Waals surface area contributed by atoms with Crippen LogP contribution in [0, 0.1) is 28.8 Å². The van der Waals surface area contributed by atoms with Crippen molar-refractivity contribution in [3.05, 3.63) is 64.5 Å². The fourth-order valence-electron chi connectivity index (χ4n) is 2.67. The molecule has 2 aromatic rings. The molecule has 5 heteroatoms. The fraction of sp³-hybridized carbons (Fsp3) is 0.188. The summed E-state index contributed by atoms with van der Waals surface area (Å²) < 4.78 is 40.7. The Bertz CT molecular complexity index is 750. The Labute approximate surface area is 120 Å². The summed E-state index contributed by atoms with van der Waals surface area (Å²) in [7, 11) is 0. The molecule has 0 atom stereocenters. The minimum atomic E-state index is -0.495. The first-order valence-electron chi connectivity index (χ1n) is 6.50. The van der Waals surface area contributed by atoms with E-state index in [0.717, 1.165) is 18.2 Å². The summed E-state index contributed by atoms with van der Waals surface area (Å²) in [5.74, 6) is -1.37. The van der Waals surface area contributed by atoms with Crippen molar-refractivity contribution in [2.24, 2.45) is 0 Å². The van der Waals surface area contributed by atoms with Gasteiger partial charge in [-0.1, -0.05) is 0 Å². The maximum Gasteiger partial charge on any atom is 0.128 e. The molecule has 21 heavy (non-hydrogen) atoms. The molecule has 0 unspecified atom stereocenters. The number of anilines is 1. The Balaban J connectivity index is 2.01. The van der Waals surface area contributed by atoms with E-state index in [0.29, 0.717) is 29.8 Å². The van der Waals surface area contributed by atoms with Gasteiger partial charge in [0.25, 0.3) is 0 Å². The molecule has 0 N–H and O–H groups in total. The Morgan fingerprint density at radius 2 is 1.71 bits per heavy atom. The van der Waals surface area contributed by atoms with Crippen LogP contribution >= 0.6 is 0 Å². The van der Waals surface area contributed by atoms with E-state index < -0.39 is 17.5 Å². The molecule has 1 aliphatic heterocycles. The Morgan fingerprint density at radius 1 is 1.00 bits per heavy atom. The van der Waals surface area contributed by atoms with Crippen LogP contribution < -0.4 is 4.90 Å². The van der Waals surface area contributed by atoms with E-state index in [1.54, 1.807) is 4.90 Å². The van der Waals surface area contributed by atoms with Gasteiger partial charge in [0.1, 0.15) is 23.5 Å². The second kappa shape index (κ2) is 5.13. The average Bonchev–Trinajstić information content (AvgIpc) is 2.50. The number of fused-ring (bicyclic) bond motifs is 1. The van der Waals surface area contributed by atoms with E-state index in [1.165, 1.54) is 12.1 Å². The number of halogens is 3. The molecule has 0 aromatic heterocycles. The van der Waals surface area contributed by atoms with Crippen molar-refractivity contribution in [2.75, 3.05) is 11.4 Å². The van der Waals surface area contributed by atoms with Crippen LogP contribution in [-0.2, 0) is 13.0 Å². The molecule has 0 spiro atoms. The van der Waals surface area contributed by atoms with Crippen LogP contribution in [0.15, 0.2) is 30.3 Å². The second-order valence-electron chi connectivity index (χ2n) is 4.93. The van der Waals surface area contributed by atoms with Crippen molar-refractivity contribution >= 4 is 5.69 Å². The number of nitriles is 1. The second-order valence-corrected chi connectivity index (χ2v) is 4.93. The van der Waals surface area contributed by atoms with E-state index in [-0.39, 0.29) is 12.1 Å². The molecule has 0 radical (unpaired) electrons. The van der Waals surface area contributed by atoms with Crippen molar-refractivity contribution in [3.8, 4) is 6.07 Å². The van der Waals surface area contributed by atoms with Crippen molar-refractivity contribution in [1.82, 2.24) is 0 Å². The lowest BCUT2D eigenvalue weighted by molar-refractivity contribution is 0.549.